The molecule has 2 aromatic carbocycles. The predicted molar refractivity (Wildman–Crippen MR) is 116 cm³/mol. The minimum Gasteiger partial charge on any atom is -0.497 e. The van der Waals surface area contributed by atoms with Gasteiger partial charge in [0.25, 0.3) is 5.91 Å². The molecule has 0 fully saturated rings. The Hall–Kier alpha value is -3.07. The number of rotatable bonds is 9. The molecular formula is C21H23BrN2O6. The number of nitrogens with one attached hydrogen (secondary N) is 2. The van der Waals surface area contributed by atoms with Gasteiger partial charge in [-0.15, -0.1) is 0 Å². The summed E-state index contributed by atoms with van der Waals surface area (Å²) in [6, 6.07) is 10.4. The smallest absolute Gasteiger partial charge is 0.306 e. The highest BCUT2D eigenvalue weighted by Crippen LogP contribution is 2.28. The second-order valence-electron chi connectivity index (χ2n) is 6.28. The summed E-state index contributed by atoms with van der Waals surface area (Å²) in [7, 11) is 2.98. The zero-order valence-electron chi connectivity index (χ0n) is 16.9. The van der Waals surface area contributed by atoms with Gasteiger partial charge in [0.05, 0.1) is 26.3 Å². The van der Waals surface area contributed by atoms with Crippen LogP contribution in [0.1, 0.15) is 18.4 Å². The van der Waals surface area contributed by atoms with Crippen LogP contribution in [0.4, 0.5) is 11.4 Å². The molecule has 9 heteroatoms. The number of hydrogen-bond donors (Lipinski definition) is 2. The average Bonchev–Trinajstić information content (AvgIpc) is 2.73. The largest absolute Gasteiger partial charge is 0.497 e. The van der Waals surface area contributed by atoms with Crippen LogP contribution in [-0.2, 0) is 19.1 Å². The van der Waals surface area contributed by atoms with Crippen molar-refractivity contribution in [2.24, 2.45) is 0 Å². The summed E-state index contributed by atoms with van der Waals surface area (Å²) in [4.78, 5) is 35.9. The van der Waals surface area contributed by atoms with E-state index in [0.29, 0.717) is 22.9 Å². The fraction of sp³-hybridized carbons (Fsp3) is 0.286. The molecule has 0 radical (unpaired) electrons. The van der Waals surface area contributed by atoms with Crippen LogP contribution in [0.25, 0.3) is 0 Å². The zero-order chi connectivity index (χ0) is 22.1. The number of benzene rings is 2. The minimum atomic E-state index is -0.644. The van der Waals surface area contributed by atoms with E-state index < -0.39 is 18.5 Å². The van der Waals surface area contributed by atoms with Crippen LogP contribution in [0.5, 0.6) is 11.5 Å². The number of carbonyl (C=O) groups excluding carboxylic acids is 3. The third-order valence-electron chi connectivity index (χ3n) is 4.07. The Morgan fingerprint density at radius 2 is 1.60 bits per heavy atom. The summed E-state index contributed by atoms with van der Waals surface area (Å²) in [5, 5.41) is 5.34. The average molecular weight is 479 g/mol. The lowest BCUT2D eigenvalue weighted by atomic mass is 10.2. The van der Waals surface area contributed by atoms with E-state index in [1.54, 1.807) is 24.3 Å². The Bertz CT molecular complexity index is 932. The van der Waals surface area contributed by atoms with E-state index in [4.69, 9.17) is 14.2 Å². The van der Waals surface area contributed by atoms with Crippen LogP contribution < -0.4 is 20.1 Å². The zero-order valence-corrected chi connectivity index (χ0v) is 18.5. The van der Waals surface area contributed by atoms with Crippen LogP contribution in [0.3, 0.4) is 0 Å². The molecule has 2 N–H and O–H groups in total. The summed E-state index contributed by atoms with van der Waals surface area (Å²) in [6.07, 6.45) is -0.192. The summed E-state index contributed by atoms with van der Waals surface area (Å²) in [5.41, 5.74) is 1.99. The van der Waals surface area contributed by atoms with Crippen LogP contribution in [-0.4, -0.2) is 38.6 Å². The van der Waals surface area contributed by atoms with Crippen molar-refractivity contribution in [1.82, 2.24) is 0 Å². The number of carbonyl (C=O) groups is 3. The minimum absolute atomic E-state index is 0.0533. The number of aryl methyl sites for hydroxylation is 1. The highest BCUT2D eigenvalue weighted by Gasteiger charge is 2.13. The molecule has 0 atom stereocenters. The van der Waals surface area contributed by atoms with Gasteiger partial charge in [-0.05, 0) is 42.8 Å². The first-order valence-corrected chi connectivity index (χ1v) is 9.85. The summed E-state index contributed by atoms with van der Waals surface area (Å²) >= 11 is 3.36. The van der Waals surface area contributed by atoms with Gasteiger partial charge >= 0.3 is 5.97 Å². The number of esters is 1. The van der Waals surface area contributed by atoms with Crippen LogP contribution in [0.2, 0.25) is 0 Å². The molecule has 2 amide bonds. The van der Waals surface area contributed by atoms with E-state index in [1.807, 2.05) is 19.1 Å². The van der Waals surface area contributed by atoms with Crippen LogP contribution in [0, 0.1) is 6.92 Å². The van der Waals surface area contributed by atoms with Crippen molar-refractivity contribution >= 4 is 45.1 Å². The lowest BCUT2D eigenvalue weighted by Crippen LogP contribution is -2.22. The maximum Gasteiger partial charge on any atom is 0.306 e. The summed E-state index contributed by atoms with van der Waals surface area (Å²) in [5.74, 6) is -0.497. The molecule has 2 rings (SSSR count). The van der Waals surface area contributed by atoms with Gasteiger partial charge in [-0.3, -0.25) is 14.4 Å². The van der Waals surface area contributed by atoms with E-state index in [2.05, 4.69) is 26.6 Å². The first-order chi connectivity index (χ1) is 14.3. The van der Waals surface area contributed by atoms with Crippen molar-refractivity contribution in [2.45, 2.75) is 19.8 Å². The lowest BCUT2D eigenvalue weighted by molar-refractivity contribution is -0.147. The molecule has 0 aromatic heterocycles. The second-order valence-corrected chi connectivity index (χ2v) is 7.20. The normalized spacial score (nSPS) is 10.1. The van der Waals surface area contributed by atoms with E-state index in [1.165, 1.54) is 14.2 Å². The Kier molecular flexibility index (Phi) is 8.67. The van der Waals surface area contributed by atoms with Crippen molar-refractivity contribution in [3.05, 3.63) is 46.4 Å². The number of hydrogen-bond acceptors (Lipinski definition) is 6. The Morgan fingerprint density at radius 3 is 2.27 bits per heavy atom. The Labute approximate surface area is 183 Å². The first-order valence-electron chi connectivity index (χ1n) is 9.06. The number of ether oxygens (including phenoxy) is 3. The van der Waals surface area contributed by atoms with Gasteiger partial charge in [0.1, 0.15) is 11.5 Å². The molecule has 0 aliphatic rings. The lowest BCUT2D eigenvalue weighted by Gasteiger charge is -2.12. The monoisotopic (exact) mass is 478 g/mol. The molecule has 0 aliphatic heterocycles. The topological polar surface area (TPSA) is 103 Å². The molecule has 30 heavy (non-hydrogen) atoms. The molecule has 8 nitrogen and oxygen atoms in total. The van der Waals surface area contributed by atoms with Crippen molar-refractivity contribution in [1.29, 1.82) is 0 Å². The third kappa shape index (κ3) is 7.07. The molecule has 0 saturated heterocycles. The highest BCUT2D eigenvalue weighted by molar-refractivity contribution is 9.10. The van der Waals surface area contributed by atoms with Gasteiger partial charge in [-0.2, -0.15) is 0 Å². The van der Waals surface area contributed by atoms with Gasteiger partial charge in [0, 0.05) is 22.6 Å². The molecule has 0 bridgehead atoms. The molecule has 2 aromatic rings. The van der Waals surface area contributed by atoms with E-state index >= 15 is 0 Å². The van der Waals surface area contributed by atoms with Gasteiger partial charge in [0.2, 0.25) is 5.91 Å². The van der Waals surface area contributed by atoms with Crippen molar-refractivity contribution in [3.63, 3.8) is 0 Å². The summed E-state index contributed by atoms with van der Waals surface area (Å²) < 4.78 is 16.1. The Balaban J connectivity index is 1.76. The summed E-state index contributed by atoms with van der Waals surface area (Å²) in [6.45, 7) is 1.40. The van der Waals surface area contributed by atoms with Crippen molar-refractivity contribution < 1.29 is 28.6 Å². The number of anilines is 2. The van der Waals surface area contributed by atoms with Crippen LogP contribution >= 0.6 is 15.9 Å². The van der Waals surface area contributed by atoms with Crippen molar-refractivity contribution in [3.8, 4) is 11.5 Å². The molecule has 0 saturated carbocycles. The fourth-order valence-corrected chi connectivity index (χ4v) is 2.98. The third-order valence-corrected chi connectivity index (χ3v) is 4.56. The van der Waals surface area contributed by atoms with Gasteiger partial charge in [0.15, 0.2) is 6.61 Å². The first kappa shape index (κ1) is 23.2. The molecule has 0 heterocycles. The maximum atomic E-state index is 12.0. The van der Waals surface area contributed by atoms with Gasteiger partial charge in [-0.25, -0.2) is 0 Å². The van der Waals surface area contributed by atoms with Gasteiger partial charge in [-0.1, -0.05) is 15.9 Å². The number of methoxy groups -OCH3 is 2. The van der Waals surface area contributed by atoms with Gasteiger partial charge < -0.3 is 24.8 Å². The fourth-order valence-electron chi connectivity index (χ4n) is 2.50. The van der Waals surface area contributed by atoms with Crippen molar-refractivity contribution in [2.75, 3.05) is 31.5 Å². The molecule has 0 unspecified atom stereocenters. The highest BCUT2D eigenvalue weighted by atomic mass is 79.9. The predicted octanol–water partition coefficient (Wildman–Crippen LogP) is 3.68. The molecular weight excluding hydrogens is 456 g/mol. The van der Waals surface area contributed by atoms with E-state index in [0.717, 1.165) is 10.0 Å². The quantitative estimate of drug-likeness (QED) is 0.532. The van der Waals surface area contributed by atoms with Crippen LogP contribution in [0.15, 0.2) is 40.9 Å². The number of halogens is 1. The Morgan fingerprint density at radius 1 is 0.900 bits per heavy atom. The SMILES string of the molecule is COc1ccc(NC(=O)COC(=O)CCC(=O)Nc2ccc(Br)cc2C)c(OC)c1. The molecule has 160 valence electrons. The molecule has 0 aliphatic carbocycles. The van der Waals surface area contributed by atoms with E-state index in [9.17, 15) is 14.4 Å². The molecule has 0 spiro atoms. The number of amides is 2. The second kappa shape index (κ2) is 11.2. The standard InChI is InChI=1S/C21H23BrN2O6/c1-13-10-14(22)4-6-16(13)23-19(25)8-9-21(27)30-12-20(26)24-17-7-5-15(28-2)11-18(17)29-3/h4-7,10-11H,8-9,12H2,1-3H3,(H,23,25)(H,24,26). The van der Waals surface area contributed by atoms with E-state index in [-0.39, 0.29) is 18.7 Å². The maximum absolute atomic E-state index is 12.0.